The molecule has 1 fully saturated rings. The first kappa shape index (κ1) is 10.1. The van der Waals surface area contributed by atoms with Crippen LogP contribution in [0.4, 0.5) is 11.4 Å². The lowest BCUT2D eigenvalue weighted by Gasteiger charge is -2.33. The van der Waals surface area contributed by atoms with E-state index >= 15 is 0 Å². The monoisotopic (exact) mass is 231 g/mol. The van der Waals surface area contributed by atoms with Crippen molar-refractivity contribution in [1.29, 1.82) is 0 Å². The third kappa shape index (κ3) is 1.46. The lowest BCUT2D eigenvalue weighted by atomic mass is 10.1. The zero-order valence-corrected chi connectivity index (χ0v) is 9.10. The van der Waals surface area contributed by atoms with E-state index in [1.54, 1.807) is 6.07 Å². The van der Waals surface area contributed by atoms with Crippen molar-refractivity contribution < 1.29 is 14.7 Å². The number of fused-ring (bicyclic) bond motifs is 3. The molecule has 3 rings (SSSR count). The minimum Gasteiger partial charge on any atom is -0.545 e. The van der Waals surface area contributed by atoms with Crippen LogP contribution in [-0.2, 0) is 4.79 Å². The number of carboxylic acids is 1. The molecule has 2 aliphatic rings. The van der Waals surface area contributed by atoms with Gasteiger partial charge in [-0.25, -0.2) is 0 Å². The number of rotatable bonds is 1. The zero-order chi connectivity index (χ0) is 12.0. The summed E-state index contributed by atoms with van der Waals surface area (Å²) in [5.41, 5.74) is 1.55. The fourth-order valence-electron chi connectivity index (χ4n) is 2.56. The molecule has 1 unspecified atom stereocenters. The van der Waals surface area contributed by atoms with Crippen LogP contribution >= 0.6 is 0 Å². The van der Waals surface area contributed by atoms with Gasteiger partial charge in [-0.2, -0.15) is 0 Å². The van der Waals surface area contributed by atoms with Gasteiger partial charge in [-0.15, -0.1) is 0 Å². The van der Waals surface area contributed by atoms with Crippen molar-refractivity contribution in [3.8, 4) is 0 Å². The number of carboxylic acid groups (broad SMARTS) is 1. The summed E-state index contributed by atoms with van der Waals surface area (Å²) in [6.45, 7) is 0.843. The van der Waals surface area contributed by atoms with Crippen LogP contribution in [0.3, 0.4) is 0 Å². The first-order valence-corrected chi connectivity index (χ1v) is 5.60. The maximum Gasteiger partial charge on any atom is 0.247 e. The van der Waals surface area contributed by atoms with E-state index < -0.39 is 5.97 Å². The molecule has 2 heterocycles. The molecule has 5 heteroatoms. The fraction of sp³-hybridized carbons (Fsp3) is 0.333. The molecule has 1 atom stereocenters. The van der Waals surface area contributed by atoms with Gasteiger partial charge >= 0.3 is 0 Å². The Hall–Kier alpha value is -2.04. The number of carbonyl (C=O) groups excluding carboxylic acids is 2. The Bertz CT molecular complexity index is 512. The fourth-order valence-corrected chi connectivity index (χ4v) is 2.56. The summed E-state index contributed by atoms with van der Waals surface area (Å²) in [7, 11) is 0. The molecule has 1 aromatic rings. The highest BCUT2D eigenvalue weighted by Crippen LogP contribution is 2.36. The molecule has 0 aliphatic carbocycles. The Morgan fingerprint density at radius 3 is 3.06 bits per heavy atom. The van der Waals surface area contributed by atoms with Crippen molar-refractivity contribution in [1.82, 2.24) is 0 Å². The summed E-state index contributed by atoms with van der Waals surface area (Å²) in [6.07, 6.45) is 1.84. The summed E-state index contributed by atoms with van der Waals surface area (Å²) >= 11 is 0. The Morgan fingerprint density at radius 1 is 1.47 bits per heavy atom. The van der Waals surface area contributed by atoms with Gasteiger partial charge < -0.3 is 20.1 Å². The highest BCUT2D eigenvalue weighted by atomic mass is 16.4. The molecule has 1 aromatic carbocycles. The molecule has 17 heavy (non-hydrogen) atoms. The van der Waals surface area contributed by atoms with E-state index in [4.69, 9.17) is 0 Å². The molecule has 0 spiro atoms. The van der Waals surface area contributed by atoms with Crippen molar-refractivity contribution in [2.24, 2.45) is 0 Å². The summed E-state index contributed by atoms with van der Waals surface area (Å²) in [6, 6.07) is 4.60. The van der Waals surface area contributed by atoms with E-state index in [9.17, 15) is 14.7 Å². The number of benzene rings is 1. The van der Waals surface area contributed by atoms with E-state index in [1.165, 1.54) is 12.1 Å². The molecular weight excluding hydrogens is 220 g/mol. The molecule has 2 aliphatic heterocycles. The zero-order valence-electron chi connectivity index (χ0n) is 9.10. The van der Waals surface area contributed by atoms with Crippen molar-refractivity contribution in [2.75, 3.05) is 16.8 Å². The summed E-state index contributed by atoms with van der Waals surface area (Å²) < 4.78 is 0. The van der Waals surface area contributed by atoms with Gasteiger partial charge in [0.1, 0.15) is 6.04 Å². The highest BCUT2D eigenvalue weighted by molar-refractivity contribution is 6.05. The Balaban J connectivity index is 2.07. The third-order valence-corrected chi connectivity index (χ3v) is 3.36. The quantitative estimate of drug-likeness (QED) is 0.736. The maximum atomic E-state index is 11.8. The van der Waals surface area contributed by atoms with Gasteiger partial charge in [0.15, 0.2) is 0 Å². The first-order valence-electron chi connectivity index (χ1n) is 5.60. The number of hydrogen-bond acceptors (Lipinski definition) is 4. The average molecular weight is 231 g/mol. The minimum absolute atomic E-state index is 0.0505. The number of anilines is 2. The smallest absolute Gasteiger partial charge is 0.247 e. The molecular formula is C12H11N2O3-. The van der Waals surface area contributed by atoms with Crippen LogP contribution in [-0.4, -0.2) is 24.5 Å². The number of nitrogens with zero attached hydrogens (tertiary/aromatic N) is 1. The molecule has 0 saturated carbocycles. The molecule has 5 nitrogen and oxygen atoms in total. The maximum absolute atomic E-state index is 11.8. The molecule has 0 bridgehead atoms. The molecule has 0 aromatic heterocycles. The Morgan fingerprint density at radius 2 is 2.29 bits per heavy atom. The second-order valence-corrected chi connectivity index (χ2v) is 4.36. The second-order valence-electron chi connectivity index (χ2n) is 4.36. The van der Waals surface area contributed by atoms with Gasteiger partial charge in [0.25, 0.3) is 0 Å². The lowest BCUT2D eigenvalue weighted by Crippen LogP contribution is -2.44. The van der Waals surface area contributed by atoms with Crippen molar-refractivity contribution >= 4 is 23.3 Å². The standard InChI is InChI=1S/C12H12N2O3/c15-11-10-2-1-5-14(10)9-4-3-7(12(16)17)6-8(9)13-11/h3-4,6,10H,1-2,5H2,(H,13,15)(H,16,17)/p-1. The molecule has 1 amide bonds. The van der Waals surface area contributed by atoms with E-state index in [0.29, 0.717) is 5.69 Å². The molecule has 1 saturated heterocycles. The number of amides is 1. The number of carbonyl (C=O) groups is 2. The van der Waals surface area contributed by atoms with Crippen LogP contribution in [0.15, 0.2) is 18.2 Å². The number of nitrogens with one attached hydrogen (secondary N) is 1. The molecule has 88 valence electrons. The normalized spacial score (nSPS) is 21.8. The van der Waals surface area contributed by atoms with Crippen molar-refractivity contribution in [2.45, 2.75) is 18.9 Å². The van der Waals surface area contributed by atoms with Crippen molar-refractivity contribution in [3.63, 3.8) is 0 Å². The summed E-state index contributed by atoms with van der Waals surface area (Å²) in [5, 5.41) is 13.5. The van der Waals surface area contributed by atoms with Crippen LogP contribution in [0, 0.1) is 0 Å². The first-order chi connectivity index (χ1) is 8.16. The van der Waals surface area contributed by atoms with Crippen LogP contribution < -0.4 is 15.3 Å². The minimum atomic E-state index is -1.23. The van der Waals surface area contributed by atoms with Gasteiger partial charge in [0, 0.05) is 6.54 Å². The largest absolute Gasteiger partial charge is 0.545 e. The van der Waals surface area contributed by atoms with Gasteiger partial charge in [0.05, 0.1) is 17.3 Å². The highest BCUT2D eigenvalue weighted by Gasteiger charge is 2.36. The van der Waals surface area contributed by atoms with Gasteiger partial charge in [-0.05, 0) is 30.5 Å². The predicted octanol–water partition coefficient (Wildman–Crippen LogP) is -0.0290. The third-order valence-electron chi connectivity index (χ3n) is 3.36. The predicted molar refractivity (Wildman–Crippen MR) is 59.8 cm³/mol. The SMILES string of the molecule is O=C([O-])c1ccc2c(c1)NC(=O)C1CCCN21. The Kier molecular flexibility index (Phi) is 2.07. The van der Waals surface area contributed by atoms with E-state index in [2.05, 4.69) is 5.32 Å². The van der Waals surface area contributed by atoms with E-state index in [1.807, 2.05) is 4.90 Å². The van der Waals surface area contributed by atoms with Gasteiger partial charge in [0.2, 0.25) is 5.91 Å². The Labute approximate surface area is 98.0 Å². The van der Waals surface area contributed by atoms with Crippen molar-refractivity contribution in [3.05, 3.63) is 23.8 Å². The summed E-state index contributed by atoms with van der Waals surface area (Å²) in [4.78, 5) is 24.6. The second kappa shape index (κ2) is 3.48. The number of hydrogen-bond donors (Lipinski definition) is 1. The average Bonchev–Trinajstić information content (AvgIpc) is 2.78. The van der Waals surface area contributed by atoms with Crippen LogP contribution in [0.1, 0.15) is 23.2 Å². The van der Waals surface area contributed by atoms with Crippen LogP contribution in [0.25, 0.3) is 0 Å². The van der Waals surface area contributed by atoms with Gasteiger partial charge in [-0.1, -0.05) is 6.07 Å². The number of aromatic carboxylic acids is 1. The molecule has 0 radical (unpaired) electrons. The lowest BCUT2D eigenvalue weighted by molar-refractivity contribution is -0.255. The van der Waals surface area contributed by atoms with Crippen LogP contribution in [0.5, 0.6) is 0 Å². The topological polar surface area (TPSA) is 72.5 Å². The van der Waals surface area contributed by atoms with E-state index in [-0.39, 0.29) is 17.5 Å². The van der Waals surface area contributed by atoms with E-state index in [0.717, 1.165) is 25.1 Å². The summed E-state index contributed by atoms with van der Waals surface area (Å²) in [5.74, 6) is -1.28. The molecule has 1 N–H and O–H groups in total. The van der Waals surface area contributed by atoms with Gasteiger partial charge in [-0.3, -0.25) is 4.79 Å². The van der Waals surface area contributed by atoms with Crippen LogP contribution in [0.2, 0.25) is 0 Å².